The van der Waals surface area contributed by atoms with Gasteiger partial charge in [0, 0.05) is 19.1 Å². The largest absolute Gasteiger partial charge is 0.353 e. The second-order valence-corrected chi connectivity index (χ2v) is 3.92. The smallest absolute Gasteiger partial charge is 0.159 e. The Hall–Kier alpha value is -0.120. The van der Waals surface area contributed by atoms with Crippen LogP contribution in [0, 0.1) is 0 Å². The second kappa shape index (κ2) is 4.94. The third-order valence-electron chi connectivity index (χ3n) is 2.54. The molecule has 1 saturated heterocycles. The minimum absolute atomic E-state index is 0.00106. The summed E-state index contributed by atoms with van der Waals surface area (Å²) in [6, 6.07) is 0.597. The molecule has 0 aromatic heterocycles. The van der Waals surface area contributed by atoms with Gasteiger partial charge < -0.3 is 14.4 Å². The van der Waals surface area contributed by atoms with E-state index < -0.39 is 0 Å². The van der Waals surface area contributed by atoms with Crippen LogP contribution in [0.25, 0.3) is 0 Å². The minimum Gasteiger partial charge on any atom is -0.353 e. The Morgan fingerprint density at radius 1 is 1.38 bits per heavy atom. The van der Waals surface area contributed by atoms with Crippen molar-refractivity contribution < 1.29 is 9.47 Å². The van der Waals surface area contributed by atoms with E-state index in [-0.39, 0.29) is 6.29 Å². The lowest BCUT2D eigenvalue weighted by Gasteiger charge is -2.36. The molecule has 0 aromatic carbocycles. The van der Waals surface area contributed by atoms with Gasteiger partial charge in [-0.1, -0.05) is 0 Å². The first-order valence-electron chi connectivity index (χ1n) is 5.07. The molecule has 0 amide bonds. The van der Waals surface area contributed by atoms with Crippen molar-refractivity contribution >= 4 is 0 Å². The number of ether oxygens (including phenoxy) is 2. The van der Waals surface area contributed by atoms with Gasteiger partial charge in [0.05, 0.1) is 6.10 Å². The average Bonchev–Trinajstić information content (AvgIpc) is 2.03. The lowest BCUT2D eigenvalue weighted by Crippen LogP contribution is -2.42. The van der Waals surface area contributed by atoms with E-state index >= 15 is 0 Å². The summed E-state index contributed by atoms with van der Waals surface area (Å²) < 4.78 is 11.1. The molecule has 0 aromatic rings. The van der Waals surface area contributed by atoms with Crippen molar-refractivity contribution in [2.75, 3.05) is 20.7 Å². The molecule has 1 fully saturated rings. The van der Waals surface area contributed by atoms with E-state index in [0.717, 1.165) is 19.4 Å². The summed E-state index contributed by atoms with van der Waals surface area (Å²) in [4.78, 5) is 2.26. The van der Waals surface area contributed by atoms with Crippen LogP contribution in [-0.4, -0.2) is 44.0 Å². The highest BCUT2D eigenvalue weighted by atomic mass is 16.7. The molecule has 1 heterocycles. The highest BCUT2D eigenvalue weighted by Gasteiger charge is 2.28. The zero-order valence-corrected chi connectivity index (χ0v) is 9.12. The van der Waals surface area contributed by atoms with Crippen LogP contribution in [0.2, 0.25) is 0 Å². The predicted molar refractivity (Wildman–Crippen MR) is 52.7 cm³/mol. The SMILES string of the molecule is CCOC1C[C@@H](N(C)C)C[C@@H](C)O1. The van der Waals surface area contributed by atoms with Crippen molar-refractivity contribution in [2.24, 2.45) is 0 Å². The van der Waals surface area contributed by atoms with Crippen LogP contribution < -0.4 is 0 Å². The topological polar surface area (TPSA) is 21.7 Å². The number of nitrogens with zero attached hydrogens (tertiary/aromatic N) is 1. The van der Waals surface area contributed by atoms with Crippen molar-refractivity contribution in [1.29, 1.82) is 0 Å². The second-order valence-electron chi connectivity index (χ2n) is 3.92. The third-order valence-corrected chi connectivity index (χ3v) is 2.54. The van der Waals surface area contributed by atoms with Gasteiger partial charge in [-0.3, -0.25) is 0 Å². The maximum atomic E-state index is 5.66. The summed E-state index contributed by atoms with van der Waals surface area (Å²) in [5.41, 5.74) is 0. The molecular formula is C10H21NO2. The third kappa shape index (κ3) is 3.25. The molecule has 1 aliphatic heterocycles. The first-order valence-corrected chi connectivity index (χ1v) is 5.07. The van der Waals surface area contributed by atoms with Crippen LogP contribution in [0.5, 0.6) is 0 Å². The Bertz CT molecular complexity index is 150. The van der Waals surface area contributed by atoms with Crippen molar-refractivity contribution in [3.63, 3.8) is 0 Å². The molecule has 1 rings (SSSR count). The highest BCUT2D eigenvalue weighted by molar-refractivity contribution is 4.76. The van der Waals surface area contributed by atoms with E-state index in [1.54, 1.807) is 0 Å². The zero-order valence-electron chi connectivity index (χ0n) is 9.12. The van der Waals surface area contributed by atoms with Gasteiger partial charge in [-0.25, -0.2) is 0 Å². The highest BCUT2D eigenvalue weighted by Crippen LogP contribution is 2.22. The molecule has 78 valence electrons. The van der Waals surface area contributed by atoms with Crippen molar-refractivity contribution in [3.8, 4) is 0 Å². The van der Waals surface area contributed by atoms with Gasteiger partial charge in [-0.05, 0) is 34.4 Å². The van der Waals surface area contributed by atoms with Gasteiger partial charge in [0.1, 0.15) is 0 Å². The molecule has 0 N–H and O–H groups in total. The van der Waals surface area contributed by atoms with E-state index in [0.29, 0.717) is 12.1 Å². The maximum absolute atomic E-state index is 5.66. The first kappa shape index (κ1) is 11.0. The zero-order chi connectivity index (χ0) is 9.84. The molecule has 3 heteroatoms. The van der Waals surface area contributed by atoms with Crippen LogP contribution in [0.15, 0.2) is 0 Å². The molecule has 0 bridgehead atoms. The molecule has 1 aliphatic rings. The predicted octanol–water partition coefficient (Wildman–Crippen LogP) is 1.48. The Morgan fingerprint density at radius 3 is 2.62 bits per heavy atom. The number of hydrogen-bond acceptors (Lipinski definition) is 3. The molecule has 0 radical (unpaired) electrons. The van der Waals surface area contributed by atoms with E-state index in [1.165, 1.54) is 0 Å². The average molecular weight is 187 g/mol. The molecular weight excluding hydrogens is 166 g/mol. The van der Waals surface area contributed by atoms with Crippen LogP contribution in [0.1, 0.15) is 26.7 Å². The molecule has 1 unspecified atom stereocenters. The molecule has 3 atom stereocenters. The van der Waals surface area contributed by atoms with E-state index in [4.69, 9.17) is 9.47 Å². The quantitative estimate of drug-likeness (QED) is 0.668. The Labute approximate surface area is 81.0 Å². The normalized spacial score (nSPS) is 35.3. The number of hydrogen-bond donors (Lipinski definition) is 0. The summed E-state index contributed by atoms with van der Waals surface area (Å²) in [5, 5.41) is 0. The van der Waals surface area contributed by atoms with E-state index in [9.17, 15) is 0 Å². The monoisotopic (exact) mass is 187 g/mol. The lowest BCUT2D eigenvalue weighted by molar-refractivity contribution is -0.199. The van der Waals surface area contributed by atoms with Gasteiger partial charge in [0.2, 0.25) is 0 Å². The Kier molecular flexibility index (Phi) is 4.16. The van der Waals surface area contributed by atoms with Gasteiger partial charge in [-0.15, -0.1) is 0 Å². The van der Waals surface area contributed by atoms with E-state index in [1.807, 2.05) is 6.92 Å². The lowest BCUT2D eigenvalue weighted by atomic mass is 10.0. The van der Waals surface area contributed by atoms with Crippen LogP contribution in [0.4, 0.5) is 0 Å². The van der Waals surface area contributed by atoms with Gasteiger partial charge in [0.15, 0.2) is 6.29 Å². The summed E-state index contributed by atoms with van der Waals surface area (Å²) in [6.07, 6.45) is 2.42. The van der Waals surface area contributed by atoms with Crippen LogP contribution in [-0.2, 0) is 9.47 Å². The summed E-state index contributed by atoms with van der Waals surface area (Å²) in [7, 11) is 4.23. The van der Waals surface area contributed by atoms with Crippen LogP contribution >= 0.6 is 0 Å². The van der Waals surface area contributed by atoms with Crippen molar-refractivity contribution in [2.45, 2.75) is 45.1 Å². The van der Waals surface area contributed by atoms with Gasteiger partial charge in [-0.2, -0.15) is 0 Å². The molecule has 0 aliphatic carbocycles. The van der Waals surface area contributed by atoms with Gasteiger partial charge in [0.25, 0.3) is 0 Å². The minimum atomic E-state index is 0.00106. The first-order chi connectivity index (χ1) is 6.13. The fourth-order valence-electron chi connectivity index (χ4n) is 1.79. The molecule has 0 spiro atoms. The van der Waals surface area contributed by atoms with Crippen molar-refractivity contribution in [1.82, 2.24) is 4.90 Å². The Morgan fingerprint density at radius 2 is 2.08 bits per heavy atom. The standard InChI is InChI=1S/C10H21NO2/c1-5-12-10-7-9(11(3)4)6-8(2)13-10/h8-10H,5-7H2,1-4H3/t8-,9+,10?/m1/s1. The summed E-state index contributed by atoms with van der Waals surface area (Å²) in [6.45, 7) is 4.85. The van der Waals surface area contributed by atoms with Crippen LogP contribution in [0.3, 0.4) is 0 Å². The maximum Gasteiger partial charge on any atom is 0.159 e. The fourth-order valence-corrected chi connectivity index (χ4v) is 1.79. The van der Waals surface area contributed by atoms with Crippen molar-refractivity contribution in [3.05, 3.63) is 0 Å². The van der Waals surface area contributed by atoms with E-state index in [2.05, 4.69) is 25.9 Å². The Balaban J connectivity index is 2.42. The summed E-state index contributed by atoms with van der Waals surface area (Å²) in [5.74, 6) is 0. The number of rotatable bonds is 3. The molecule has 0 saturated carbocycles. The fraction of sp³-hybridized carbons (Fsp3) is 1.00. The van der Waals surface area contributed by atoms with Gasteiger partial charge >= 0.3 is 0 Å². The molecule has 13 heavy (non-hydrogen) atoms. The summed E-state index contributed by atoms with van der Waals surface area (Å²) >= 11 is 0. The molecule has 3 nitrogen and oxygen atoms in total.